The normalized spacial score (nSPS) is 12.7. The first kappa shape index (κ1) is 19.1. The average Bonchev–Trinajstić information content (AvgIpc) is 2.35. The number of nitrogens with one attached hydrogen (secondary N) is 1. The Bertz CT molecular complexity index is 415. The molecule has 0 aliphatic rings. The van der Waals surface area contributed by atoms with E-state index in [0.29, 0.717) is 19.1 Å². The van der Waals surface area contributed by atoms with E-state index in [-0.39, 0.29) is 35.8 Å². The Kier molecular flexibility index (Phi) is 10.4. The summed E-state index contributed by atoms with van der Waals surface area (Å²) in [6.45, 7) is 3.17. The fourth-order valence-corrected chi connectivity index (χ4v) is 1.76. The quantitative estimate of drug-likeness (QED) is 0.323. The van der Waals surface area contributed by atoms with E-state index in [1.54, 1.807) is 19.2 Å². The number of benzene rings is 1. The molecule has 0 aromatic heterocycles. The Morgan fingerprint density at radius 2 is 2.25 bits per heavy atom. The van der Waals surface area contributed by atoms with Crippen molar-refractivity contribution in [2.24, 2.45) is 10.7 Å². The molecule has 0 radical (unpaired) electrons. The standard InChI is InChI=1S/C14H22FN3O.HI/c1-11(10-19-2)18-14(16)17-8-4-6-12-5-3-7-13(15)9-12;/h3,5,7,9,11H,4,6,8,10H2,1-2H3,(H3,16,17,18);1H. The summed E-state index contributed by atoms with van der Waals surface area (Å²) in [6, 6.07) is 6.76. The van der Waals surface area contributed by atoms with Crippen molar-refractivity contribution in [3.05, 3.63) is 35.6 Å². The van der Waals surface area contributed by atoms with Gasteiger partial charge in [-0.3, -0.25) is 4.99 Å². The van der Waals surface area contributed by atoms with Crippen molar-refractivity contribution in [2.45, 2.75) is 25.8 Å². The first-order valence-corrected chi connectivity index (χ1v) is 6.41. The third-order valence-electron chi connectivity index (χ3n) is 2.61. The van der Waals surface area contributed by atoms with Gasteiger partial charge in [0.2, 0.25) is 0 Å². The molecule has 0 bridgehead atoms. The number of hydrogen-bond donors (Lipinski definition) is 2. The minimum absolute atomic E-state index is 0. The molecule has 1 unspecified atom stereocenters. The van der Waals surface area contributed by atoms with Gasteiger partial charge in [-0.2, -0.15) is 0 Å². The maximum atomic E-state index is 13.0. The minimum atomic E-state index is -0.199. The number of aryl methyl sites for hydroxylation is 1. The number of nitrogens with two attached hydrogens (primary N) is 1. The van der Waals surface area contributed by atoms with Crippen molar-refractivity contribution in [3.8, 4) is 0 Å². The van der Waals surface area contributed by atoms with E-state index in [1.807, 2.05) is 13.0 Å². The molecule has 20 heavy (non-hydrogen) atoms. The highest BCUT2D eigenvalue weighted by atomic mass is 127. The molecule has 1 aromatic rings. The lowest BCUT2D eigenvalue weighted by Gasteiger charge is -2.12. The van der Waals surface area contributed by atoms with Gasteiger partial charge in [-0.15, -0.1) is 24.0 Å². The van der Waals surface area contributed by atoms with Crippen LogP contribution in [-0.2, 0) is 11.2 Å². The summed E-state index contributed by atoms with van der Waals surface area (Å²) in [5, 5.41) is 3.03. The fraction of sp³-hybridized carbons (Fsp3) is 0.500. The van der Waals surface area contributed by atoms with Crippen LogP contribution in [0.15, 0.2) is 29.3 Å². The van der Waals surface area contributed by atoms with E-state index in [4.69, 9.17) is 10.5 Å². The highest BCUT2D eigenvalue weighted by molar-refractivity contribution is 14.0. The van der Waals surface area contributed by atoms with Gasteiger partial charge in [-0.05, 0) is 37.5 Å². The summed E-state index contributed by atoms with van der Waals surface area (Å²) < 4.78 is 17.9. The second kappa shape index (κ2) is 10.8. The molecule has 1 aromatic carbocycles. The molecule has 0 aliphatic carbocycles. The molecule has 4 nitrogen and oxygen atoms in total. The number of hydrogen-bond acceptors (Lipinski definition) is 2. The van der Waals surface area contributed by atoms with Crippen LogP contribution in [0.5, 0.6) is 0 Å². The zero-order valence-corrected chi connectivity index (χ0v) is 14.3. The maximum Gasteiger partial charge on any atom is 0.188 e. The lowest BCUT2D eigenvalue weighted by atomic mass is 10.1. The van der Waals surface area contributed by atoms with Crippen LogP contribution in [0, 0.1) is 5.82 Å². The van der Waals surface area contributed by atoms with E-state index in [2.05, 4.69) is 10.3 Å². The predicted octanol–water partition coefficient (Wildman–Crippen LogP) is 2.32. The van der Waals surface area contributed by atoms with Crippen LogP contribution in [0.25, 0.3) is 0 Å². The van der Waals surface area contributed by atoms with Gasteiger partial charge in [-0.1, -0.05) is 12.1 Å². The summed E-state index contributed by atoms with van der Waals surface area (Å²) in [7, 11) is 1.64. The minimum Gasteiger partial charge on any atom is -0.383 e. The van der Waals surface area contributed by atoms with E-state index >= 15 is 0 Å². The Hall–Kier alpha value is -0.890. The number of aliphatic imine (C=N–C) groups is 1. The molecule has 114 valence electrons. The smallest absolute Gasteiger partial charge is 0.188 e. The molecular weight excluding hydrogens is 372 g/mol. The van der Waals surface area contributed by atoms with E-state index < -0.39 is 0 Å². The molecular formula is C14H23FIN3O. The summed E-state index contributed by atoms with van der Waals surface area (Å²) in [5.74, 6) is 0.222. The molecule has 3 N–H and O–H groups in total. The summed E-state index contributed by atoms with van der Waals surface area (Å²) in [4.78, 5) is 4.22. The zero-order valence-electron chi connectivity index (χ0n) is 11.9. The fourth-order valence-electron chi connectivity index (χ4n) is 1.76. The molecule has 0 amide bonds. The van der Waals surface area contributed by atoms with E-state index in [1.165, 1.54) is 6.07 Å². The number of ether oxygens (including phenoxy) is 1. The van der Waals surface area contributed by atoms with Gasteiger partial charge in [-0.25, -0.2) is 4.39 Å². The summed E-state index contributed by atoms with van der Waals surface area (Å²) in [5.41, 5.74) is 6.71. The van der Waals surface area contributed by atoms with Crippen molar-refractivity contribution >= 4 is 29.9 Å². The lowest BCUT2D eigenvalue weighted by molar-refractivity contribution is 0.179. The van der Waals surface area contributed by atoms with Crippen molar-refractivity contribution < 1.29 is 9.13 Å². The Morgan fingerprint density at radius 1 is 1.50 bits per heavy atom. The van der Waals surface area contributed by atoms with E-state index in [0.717, 1.165) is 18.4 Å². The largest absolute Gasteiger partial charge is 0.383 e. The Balaban J connectivity index is 0.00000361. The van der Waals surface area contributed by atoms with Gasteiger partial charge in [0.25, 0.3) is 0 Å². The van der Waals surface area contributed by atoms with Crippen LogP contribution in [0.1, 0.15) is 18.9 Å². The third-order valence-corrected chi connectivity index (χ3v) is 2.61. The number of guanidine groups is 1. The molecule has 0 fully saturated rings. The average molecular weight is 395 g/mol. The van der Waals surface area contributed by atoms with Crippen LogP contribution < -0.4 is 11.1 Å². The molecule has 0 saturated carbocycles. The van der Waals surface area contributed by atoms with Crippen LogP contribution in [0.4, 0.5) is 4.39 Å². The van der Waals surface area contributed by atoms with Crippen molar-refractivity contribution in [1.29, 1.82) is 0 Å². The molecule has 0 saturated heterocycles. The van der Waals surface area contributed by atoms with Crippen molar-refractivity contribution in [2.75, 3.05) is 20.3 Å². The monoisotopic (exact) mass is 395 g/mol. The van der Waals surface area contributed by atoms with Crippen molar-refractivity contribution in [3.63, 3.8) is 0 Å². The van der Waals surface area contributed by atoms with Gasteiger partial charge in [0.15, 0.2) is 5.96 Å². The van der Waals surface area contributed by atoms with Gasteiger partial charge in [0.05, 0.1) is 6.61 Å². The van der Waals surface area contributed by atoms with Gasteiger partial charge >= 0.3 is 0 Å². The third kappa shape index (κ3) is 8.31. The van der Waals surface area contributed by atoms with Gasteiger partial charge in [0.1, 0.15) is 5.82 Å². The zero-order chi connectivity index (χ0) is 14.1. The Morgan fingerprint density at radius 3 is 2.90 bits per heavy atom. The molecule has 1 atom stereocenters. The molecule has 0 heterocycles. The SMILES string of the molecule is COCC(C)NC(N)=NCCCc1cccc(F)c1.I. The lowest BCUT2D eigenvalue weighted by Crippen LogP contribution is -2.40. The topological polar surface area (TPSA) is 59.6 Å². The number of methoxy groups -OCH3 is 1. The van der Waals surface area contributed by atoms with Crippen LogP contribution >= 0.6 is 24.0 Å². The highest BCUT2D eigenvalue weighted by Gasteiger charge is 2.01. The molecule has 1 rings (SSSR count). The molecule has 0 aliphatic heterocycles. The number of rotatable bonds is 7. The predicted molar refractivity (Wildman–Crippen MR) is 91.1 cm³/mol. The van der Waals surface area contributed by atoms with Gasteiger partial charge in [0, 0.05) is 19.7 Å². The Labute approximate surface area is 137 Å². The van der Waals surface area contributed by atoms with Crippen LogP contribution in [0.2, 0.25) is 0 Å². The second-order valence-electron chi connectivity index (χ2n) is 4.50. The van der Waals surface area contributed by atoms with Crippen LogP contribution in [-0.4, -0.2) is 32.3 Å². The molecule has 6 heteroatoms. The maximum absolute atomic E-state index is 13.0. The highest BCUT2D eigenvalue weighted by Crippen LogP contribution is 2.05. The first-order chi connectivity index (χ1) is 9.11. The number of halogens is 2. The van der Waals surface area contributed by atoms with Crippen molar-refractivity contribution in [1.82, 2.24) is 5.32 Å². The summed E-state index contributed by atoms with van der Waals surface area (Å²) in [6.07, 6.45) is 1.63. The van der Waals surface area contributed by atoms with E-state index in [9.17, 15) is 4.39 Å². The first-order valence-electron chi connectivity index (χ1n) is 6.41. The van der Waals surface area contributed by atoms with Crippen LogP contribution in [0.3, 0.4) is 0 Å². The summed E-state index contributed by atoms with van der Waals surface area (Å²) >= 11 is 0. The second-order valence-corrected chi connectivity index (χ2v) is 4.50. The molecule has 0 spiro atoms. The van der Waals surface area contributed by atoms with Gasteiger partial charge < -0.3 is 15.8 Å². The number of nitrogens with zero attached hydrogens (tertiary/aromatic N) is 1.